The zero-order valence-corrected chi connectivity index (χ0v) is 17.2. The van der Waals surface area contributed by atoms with Gasteiger partial charge in [0.15, 0.2) is 17.3 Å². The number of phenols is 1. The Morgan fingerprint density at radius 3 is 2.23 bits per heavy atom. The maximum atomic E-state index is 12.0. The first-order chi connectivity index (χ1) is 14.4. The summed E-state index contributed by atoms with van der Waals surface area (Å²) in [6, 6.07) is 7.50. The number of carbonyl (C=O) groups is 2. The Hall–Kier alpha value is -3.66. The van der Waals surface area contributed by atoms with Crippen LogP contribution in [0.2, 0.25) is 0 Å². The average Bonchev–Trinajstić information content (AvgIpc) is 2.73. The summed E-state index contributed by atoms with van der Waals surface area (Å²) in [6.45, 7) is 3.71. The van der Waals surface area contributed by atoms with Crippen molar-refractivity contribution in [1.82, 2.24) is 0 Å². The molecule has 2 rings (SSSR count). The number of carboxylic acid groups (broad SMARTS) is 1. The van der Waals surface area contributed by atoms with Crippen molar-refractivity contribution >= 4 is 11.8 Å². The number of aromatic hydroxyl groups is 1. The van der Waals surface area contributed by atoms with E-state index in [4.69, 9.17) is 19.3 Å². The molecule has 0 heterocycles. The van der Waals surface area contributed by atoms with Crippen LogP contribution >= 0.6 is 0 Å². The number of carbonyl (C=O) groups excluding carboxylic acids is 1. The first kappa shape index (κ1) is 22.6. The van der Waals surface area contributed by atoms with Gasteiger partial charge in [0.05, 0.1) is 18.2 Å². The van der Waals surface area contributed by atoms with E-state index in [1.54, 1.807) is 19.1 Å². The second-order valence-corrected chi connectivity index (χ2v) is 6.36. The molecule has 0 saturated heterocycles. The summed E-state index contributed by atoms with van der Waals surface area (Å²) in [5.41, 5.74) is 0.877. The van der Waals surface area contributed by atoms with E-state index >= 15 is 0 Å². The van der Waals surface area contributed by atoms with Crippen LogP contribution < -0.4 is 14.2 Å². The standard InChI is InChI=1S/C23H24O7/c1-4-7-18(24)17-9-11-19(15(2)22(17)25)29-12-5-6-13-30-20-10-8-16(23(26)27)14-21(20)28-3/h8-11,14,25H,4,7,12-13H2,1-3H3,(H,26,27). The fourth-order valence-electron chi connectivity index (χ4n) is 2.67. The molecule has 0 aliphatic heterocycles. The van der Waals surface area contributed by atoms with Crippen molar-refractivity contribution in [2.45, 2.75) is 26.7 Å². The van der Waals surface area contributed by atoms with Crippen molar-refractivity contribution in [2.75, 3.05) is 20.3 Å². The first-order valence-corrected chi connectivity index (χ1v) is 9.37. The SMILES string of the molecule is CCCC(=O)c1ccc(OCC#CCOc2ccc(C(=O)O)cc2OC)c(C)c1O. The summed E-state index contributed by atoms with van der Waals surface area (Å²) < 4.78 is 16.2. The highest BCUT2D eigenvalue weighted by Crippen LogP contribution is 2.31. The minimum Gasteiger partial charge on any atom is -0.507 e. The van der Waals surface area contributed by atoms with E-state index in [0.29, 0.717) is 41.2 Å². The molecule has 0 aliphatic carbocycles. The largest absolute Gasteiger partial charge is 0.507 e. The third-order valence-corrected chi connectivity index (χ3v) is 4.29. The summed E-state index contributed by atoms with van der Waals surface area (Å²) in [5, 5.41) is 19.2. The number of phenolic OH excluding ortho intramolecular Hbond substituents is 1. The van der Waals surface area contributed by atoms with Gasteiger partial charge in [0.25, 0.3) is 0 Å². The van der Waals surface area contributed by atoms with Gasteiger partial charge in [-0.05, 0) is 43.7 Å². The highest BCUT2D eigenvalue weighted by atomic mass is 16.5. The Morgan fingerprint density at radius 2 is 1.63 bits per heavy atom. The lowest BCUT2D eigenvalue weighted by Gasteiger charge is -2.11. The van der Waals surface area contributed by atoms with Gasteiger partial charge in [-0.25, -0.2) is 4.79 Å². The van der Waals surface area contributed by atoms with Crippen LogP contribution in [0.3, 0.4) is 0 Å². The van der Waals surface area contributed by atoms with E-state index in [0.717, 1.165) is 0 Å². The minimum atomic E-state index is -1.05. The van der Waals surface area contributed by atoms with Gasteiger partial charge >= 0.3 is 5.97 Å². The fraction of sp³-hybridized carbons (Fsp3) is 0.304. The minimum absolute atomic E-state index is 0.0564. The molecule has 0 atom stereocenters. The van der Waals surface area contributed by atoms with Crippen LogP contribution in [-0.2, 0) is 0 Å². The number of carboxylic acids is 1. The van der Waals surface area contributed by atoms with E-state index in [-0.39, 0.29) is 30.3 Å². The summed E-state index contributed by atoms with van der Waals surface area (Å²) in [6.07, 6.45) is 1.09. The molecule has 0 amide bonds. The van der Waals surface area contributed by atoms with Crippen LogP contribution in [-0.4, -0.2) is 42.3 Å². The Balaban J connectivity index is 1.93. The molecule has 0 spiro atoms. The lowest BCUT2D eigenvalue weighted by molar-refractivity contribution is 0.0696. The van der Waals surface area contributed by atoms with E-state index in [9.17, 15) is 14.7 Å². The Bertz CT molecular complexity index is 983. The zero-order chi connectivity index (χ0) is 22.1. The number of ether oxygens (including phenoxy) is 3. The smallest absolute Gasteiger partial charge is 0.335 e. The molecule has 7 nitrogen and oxygen atoms in total. The maximum Gasteiger partial charge on any atom is 0.335 e. The van der Waals surface area contributed by atoms with Gasteiger partial charge in [0.1, 0.15) is 24.7 Å². The number of ketones is 1. The molecular weight excluding hydrogens is 388 g/mol. The molecule has 0 fully saturated rings. The maximum absolute atomic E-state index is 12.0. The molecule has 0 bridgehead atoms. The summed E-state index contributed by atoms with van der Waals surface area (Å²) in [4.78, 5) is 23.0. The average molecular weight is 412 g/mol. The topological polar surface area (TPSA) is 102 Å². The fourth-order valence-corrected chi connectivity index (χ4v) is 2.67. The number of aromatic carboxylic acids is 1. The van der Waals surface area contributed by atoms with E-state index in [1.807, 2.05) is 6.92 Å². The van der Waals surface area contributed by atoms with Gasteiger partial charge in [0, 0.05) is 12.0 Å². The molecule has 2 aromatic carbocycles. The second-order valence-electron chi connectivity index (χ2n) is 6.36. The molecule has 2 N–H and O–H groups in total. The monoisotopic (exact) mass is 412 g/mol. The van der Waals surface area contributed by atoms with Crippen molar-refractivity contribution in [1.29, 1.82) is 0 Å². The van der Waals surface area contributed by atoms with Crippen LogP contribution in [0.5, 0.6) is 23.0 Å². The summed E-state index contributed by atoms with van der Waals surface area (Å²) in [5.74, 6) is 5.48. The van der Waals surface area contributed by atoms with Crippen LogP contribution in [0.25, 0.3) is 0 Å². The highest BCUT2D eigenvalue weighted by Gasteiger charge is 2.15. The Kier molecular flexibility index (Phi) is 8.12. The van der Waals surface area contributed by atoms with Crippen molar-refractivity contribution in [3.63, 3.8) is 0 Å². The molecule has 158 valence electrons. The Labute approximate surface area is 175 Å². The number of rotatable bonds is 9. The first-order valence-electron chi connectivity index (χ1n) is 9.37. The van der Waals surface area contributed by atoms with Crippen molar-refractivity contribution in [3.05, 3.63) is 47.0 Å². The van der Waals surface area contributed by atoms with Gasteiger partial charge in [-0.15, -0.1) is 0 Å². The third-order valence-electron chi connectivity index (χ3n) is 4.29. The van der Waals surface area contributed by atoms with Gasteiger partial charge in [-0.3, -0.25) is 4.79 Å². The van der Waals surface area contributed by atoms with Crippen LogP contribution in [0.1, 0.15) is 46.0 Å². The predicted molar refractivity (Wildman–Crippen MR) is 111 cm³/mol. The number of methoxy groups -OCH3 is 1. The molecule has 0 radical (unpaired) electrons. The quantitative estimate of drug-likeness (QED) is 0.476. The molecule has 0 aliphatic rings. The molecule has 30 heavy (non-hydrogen) atoms. The van der Waals surface area contributed by atoms with Gasteiger partial charge in [-0.1, -0.05) is 18.8 Å². The lowest BCUT2D eigenvalue weighted by Crippen LogP contribution is -2.03. The summed E-state index contributed by atoms with van der Waals surface area (Å²) in [7, 11) is 1.42. The highest BCUT2D eigenvalue weighted by molar-refractivity contribution is 5.99. The molecule has 2 aromatic rings. The van der Waals surface area contributed by atoms with Gasteiger partial charge in [0.2, 0.25) is 0 Å². The van der Waals surface area contributed by atoms with Crippen LogP contribution in [0.4, 0.5) is 0 Å². The molecule has 7 heteroatoms. The summed E-state index contributed by atoms with van der Waals surface area (Å²) >= 11 is 0. The molecule has 0 unspecified atom stereocenters. The van der Waals surface area contributed by atoms with Crippen LogP contribution in [0, 0.1) is 18.8 Å². The zero-order valence-electron chi connectivity index (χ0n) is 17.2. The number of hydrogen-bond donors (Lipinski definition) is 2. The molecule has 0 saturated carbocycles. The number of hydrogen-bond acceptors (Lipinski definition) is 6. The molecular formula is C23H24O7. The molecule has 0 aromatic heterocycles. The van der Waals surface area contributed by atoms with Crippen molar-refractivity contribution < 1.29 is 34.0 Å². The number of benzene rings is 2. The third kappa shape index (κ3) is 5.67. The van der Waals surface area contributed by atoms with E-state index in [1.165, 1.54) is 25.3 Å². The normalized spacial score (nSPS) is 9.97. The second kappa shape index (κ2) is 10.8. The van der Waals surface area contributed by atoms with E-state index < -0.39 is 5.97 Å². The number of Topliss-reactive ketones (excluding diaryl/α,β-unsaturated/α-hetero) is 1. The van der Waals surface area contributed by atoms with Gasteiger partial charge < -0.3 is 24.4 Å². The van der Waals surface area contributed by atoms with Crippen LogP contribution in [0.15, 0.2) is 30.3 Å². The van der Waals surface area contributed by atoms with Gasteiger partial charge in [-0.2, -0.15) is 0 Å². The van der Waals surface area contributed by atoms with E-state index in [2.05, 4.69) is 11.8 Å². The van der Waals surface area contributed by atoms with Crippen molar-refractivity contribution in [2.24, 2.45) is 0 Å². The predicted octanol–water partition coefficient (Wildman–Crippen LogP) is 3.85. The Morgan fingerprint density at radius 1 is 1.00 bits per heavy atom. The lowest BCUT2D eigenvalue weighted by atomic mass is 10.0. The van der Waals surface area contributed by atoms with Crippen molar-refractivity contribution in [3.8, 4) is 34.8 Å².